The van der Waals surface area contributed by atoms with Crippen molar-refractivity contribution in [3.05, 3.63) is 44.6 Å². The maximum absolute atomic E-state index is 5.34. The van der Waals surface area contributed by atoms with Gasteiger partial charge < -0.3 is 14.2 Å². The van der Waals surface area contributed by atoms with Crippen LogP contribution in [0.1, 0.15) is 20.8 Å². The number of thioether (sulfide) groups is 3. The Morgan fingerprint density at radius 2 is 1.17 bits per heavy atom. The van der Waals surface area contributed by atoms with Gasteiger partial charge in [-0.3, -0.25) is 0 Å². The first-order chi connectivity index (χ1) is 11.5. The molecule has 0 spiro atoms. The van der Waals surface area contributed by atoms with Crippen molar-refractivity contribution in [2.24, 2.45) is 0 Å². The highest BCUT2D eigenvalue weighted by atomic mass is 32.2. The molecule has 1 aromatic rings. The summed E-state index contributed by atoms with van der Waals surface area (Å²) in [5.41, 5.74) is -0.335. The minimum absolute atomic E-state index is 0.100. The van der Waals surface area contributed by atoms with E-state index >= 15 is 0 Å². The molecule has 0 aliphatic carbocycles. The van der Waals surface area contributed by atoms with Crippen LogP contribution in [0.5, 0.6) is 0 Å². The molecular formula is C16H22N2O3S3. The molecule has 3 unspecified atom stereocenters. The third-order valence-electron chi connectivity index (χ3n) is 2.37. The van der Waals surface area contributed by atoms with Gasteiger partial charge in [0.15, 0.2) is 5.16 Å². The minimum Gasteiger partial charge on any atom is -0.488 e. The second-order valence-electron chi connectivity index (χ2n) is 4.29. The van der Waals surface area contributed by atoms with Crippen molar-refractivity contribution in [3.8, 4) is 0 Å². The molecule has 0 N–H and O–H groups in total. The first-order valence-corrected chi connectivity index (χ1v) is 9.80. The third kappa shape index (κ3) is 8.03. The lowest BCUT2D eigenvalue weighted by Crippen LogP contribution is -2.04. The molecule has 0 saturated carbocycles. The summed E-state index contributed by atoms with van der Waals surface area (Å²) in [4.78, 5) is 9.09. The van der Waals surface area contributed by atoms with E-state index in [1.807, 2.05) is 26.8 Å². The van der Waals surface area contributed by atoms with Gasteiger partial charge in [-0.15, -0.1) is 0 Å². The highest BCUT2D eigenvalue weighted by Crippen LogP contribution is 2.31. The van der Waals surface area contributed by atoms with Crippen LogP contribution in [0.25, 0.3) is 0 Å². The van der Waals surface area contributed by atoms with Crippen LogP contribution < -0.4 is 0 Å². The van der Waals surface area contributed by atoms with Crippen molar-refractivity contribution in [1.82, 2.24) is 9.97 Å². The van der Waals surface area contributed by atoms with Crippen molar-refractivity contribution in [2.45, 2.75) is 52.3 Å². The largest absolute Gasteiger partial charge is 0.488 e. The molecule has 132 valence electrons. The Morgan fingerprint density at radius 3 is 1.54 bits per heavy atom. The van der Waals surface area contributed by atoms with E-state index in [4.69, 9.17) is 14.2 Å². The lowest BCUT2D eigenvalue weighted by atomic mass is 10.7. The quantitative estimate of drug-likeness (QED) is 0.158. The van der Waals surface area contributed by atoms with Crippen LogP contribution in [0.15, 0.2) is 59.8 Å². The summed E-state index contributed by atoms with van der Waals surface area (Å²) in [5, 5.41) is 2.23. The van der Waals surface area contributed by atoms with Gasteiger partial charge in [0.2, 0.25) is 0 Å². The monoisotopic (exact) mass is 386 g/mol. The van der Waals surface area contributed by atoms with E-state index in [-0.39, 0.29) is 16.3 Å². The average molecular weight is 387 g/mol. The van der Waals surface area contributed by atoms with Crippen LogP contribution in [0.2, 0.25) is 0 Å². The van der Waals surface area contributed by atoms with Crippen molar-refractivity contribution < 1.29 is 14.2 Å². The molecule has 1 aromatic heterocycles. The Bertz CT molecular complexity index is 469. The fraction of sp³-hybridized carbons (Fsp3) is 0.375. The first kappa shape index (κ1) is 20.8. The molecule has 0 aromatic carbocycles. The number of nitrogens with zero attached hydrogens (tertiary/aromatic N) is 2. The molecule has 5 nitrogen and oxygen atoms in total. The summed E-state index contributed by atoms with van der Waals surface area (Å²) in [5.74, 6) is 0. The van der Waals surface area contributed by atoms with E-state index in [0.29, 0.717) is 5.16 Å². The maximum Gasteiger partial charge on any atom is 0.193 e. The predicted octanol–water partition coefficient (Wildman–Crippen LogP) is 5.27. The Balaban J connectivity index is 2.96. The molecule has 0 fully saturated rings. The molecule has 0 saturated heterocycles. The van der Waals surface area contributed by atoms with Crippen molar-refractivity contribution in [3.63, 3.8) is 0 Å². The van der Waals surface area contributed by atoms with Gasteiger partial charge in [0.1, 0.15) is 26.4 Å². The molecule has 0 amide bonds. The maximum atomic E-state index is 5.34. The van der Waals surface area contributed by atoms with Crippen LogP contribution in [-0.4, -0.2) is 26.3 Å². The summed E-state index contributed by atoms with van der Waals surface area (Å²) in [6.45, 7) is 16.5. The smallest absolute Gasteiger partial charge is 0.193 e. The Labute approximate surface area is 156 Å². The summed E-state index contributed by atoms with van der Waals surface area (Å²) in [7, 11) is 0. The highest BCUT2D eigenvalue weighted by Gasteiger charge is 2.15. The van der Waals surface area contributed by atoms with Gasteiger partial charge in [0.25, 0.3) is 0 Å². The first-order valence-electron chi connectivity index (χ1n) is 7.16. The van der Waals surface area contributed by atoms with Crippen LogP contribution in [0, 0.1) is 0 Å². The SMILES string of the molecule is C=COC(C)Sc1cc(SC(C)OC=C)nc(SC(C)OC=C)n1. The zero-order chi connectivity index (χ0) is 17.9. The lowest BCUT2D eigenvalue weighted by molar-refractivity contribution is 0.239. The zero-order valence-electron chi connectivity index (χ0n) is 14.0. The van der Waals surface area contributed by atoms with Crippen LogP contribution in [0.3, 0.4) is 0 Å². The topological polar surface area (TPSA) is 53.5 Å². The van der Waals surface area contributed by atoms with E-state index < -0.39 is 0 Å². The van der Waals surface area contributed by atoms with Crippen molar-refractivity contribution in [1.29, 1.82) is 0 Å². The number of hydrogen-bond acceptors (Lipinski definition) is 8. The Morgan fingerprint density at radius 1 is 0.792 bits per heavy atom. The molecule has 0 bridgehead atoms. The summed E-state index contributed by atoms with van der Waals surface area (Å²) >= 11 is 4.38. The molecular weight excluding hydrogens is 364 g/mol. The van der Waals surface area contributed by atoms with Gasteiger partial charge in [-0.25, -0.2) is 9.97 Å². The molecule has 1 heterocycles. The average Bonchev–Trinajstić information content (AvgIpc) is 2.47. The molecule has 1 rings (SSSR count). The predicted molar refractivity (Wildman–Crippen MR) is 102 cm³/mol. The number of rotatable bonds is 12. The van der Waals surface area contributed by atoms with Gasteiger partial charge in [0, 0.05) is 6.07 Å². The van der Waals surface area contributed by atoms with Gasteiger partial charge in [-0.05, 0) is 32.5 Å². The van der Waals surface area contributed by atoms with E-state index in [1.165, 1.54) is 54.1 Å². The highest BCUT2D eigenvalue weighted by molar-refractivity contribution is 8.01. The standard InChI is InChI=1S/C16H22N2O3S3/c1-7-19-11(4)22-14-10-15(23-12(5)20-8-2)18-16(17-14)24-13(6)21-9-3/h7-13H,1-3H2,4-6H3. The molecule has 24 heavy (non-hydrogen) atoms. The van der Waals surface area contributed by atoms with Gasteiger partial charge in [-0.1, -0.05) is 43.3 Å². The van der Waals surface area contributed by atoms with Crippen LogP contribution in [0.4, 0.5) is 0 Å². The molecule has 8 heteroatoms. The summed E-state index contributed by atoms with van der Waals surface area (Å²) < 4.78 is 16.0. The fourth-order valence-corrected chi connectivity index (χ4v) is 4.04. The van der Waals surface area contributed by atoms with Gasteiger partial charge >= 0.3 is 0 Å². The lowest BCUT2D eigenvalue weighted by Gasteiger charge is -2.15. The van der Waals surface area contributed by atoms with Crippen LogP contribution in [-0.2, 0) is 14.2 Å². The molecule has 0 aliphatic heterocycles. The fourth-order valence-electron chi connectivity index (χ4n) is 1.54. The molecule has 3 atom stereocenters. The van der Waals surface area contributed by atoms with E-state index in [9.17, 15) is 0 Å². The van der Waals surface area contributed by atoms with Crippen LogP contribution >= 0.6 is 35.3 Å². The minimum atomic E-state index is -0.135. The van der Waals surface area contributed by atoms with E-state index in [1.54, 1.807) is 0 Å². The Kier molecular flexibility index (Phi) is 9.82. The van der Waals surface area contributed by atoms with E-state index in [0.717, 1.165) is 10.1 Å². The summed E-state index contributed by atoms with van der Waals surface area (Å²) in [6, 6.07) is 1.91. The normalized spacial score (nSPS) is 14.1. The van der Waals surface area contributed by atoms with Gasteiger partial charge in [-0.2, -0.15) is 0 Å². The Hall–Kier alpha value is -1.25. The number of aromatic nitrogens is 2. The summed E-state index contributed by atoms with van der Waals surface area (Å²) in [6.07, 6.45) is 4.25. The number of ether oxygens (including phenoxy) is 3. The van der Waals surface area contributed by atoms with Gasteiger partial charge in [0.05, 0.1) is 18.8 Å². The zero-order valence-corrected chi connectivity index (χ0v) is 16.5. The van der Waals surface area contributed by atoms with Crippen molar-refractivity contribution >= 4 is 35.3 Å². The van der Waals surface area contributed by atoms with E-state index in [2.05, 4.69) is 29.7 Å². The van der Waals surface area contributed by atoms with Crippen molar-refractivity contribution in [2.75, 3.05) is 0 Å². The molecule has 0 aliphatic rings. The second-order valence-corrected chi connectivity index (χ2v) is 8.19. The molecule has 0 radical (unpaired) electrons. The second kappa shape index (κ2) is 11.3. The number of hydrogen-bond donors (Lipinski definition) is 0. The third-order valence-corrected chi connectivity index (χ3v) is 4.99.